The number of anilines is 3. The van der Waals surface area contributed by atoms with Crippen molar-refractivity contribution in [2.75, 3.05) is 23.9 Å². The van der Waals surface area contributed by atoms with Crippen LogP contribution in [0.4, 0.5) is 17.2 Å². The molecule has 0 spiro atoms. The lowest BCUT2D eigenvalue weighted by Gasteiger charge is -2.21. The zero-order valence-electron chi connectivity index (χ0n) is 14.5. The third kappa shape index (κ3) is 2.73. The van der Waals surface area contributed by atoms with Crippen LogP contribution in [0.5, 0.6) is 0 Å². The Balaban J connectivity index is 2.15. The third-order valence-electron chi connectivity index (χ3n) is 4.06. The van der Waals surface area contributed by atoms with Gasteiger partial charge in [-0.1, -0.05) is 19.9 Å². The molecule has 0 fully saturated rings. The highest BCUT2D eigenvalue weighted by atomic mass is 16.1. The van der Waals surface area contributed by atoms with Crippen molar-refractivity contribution in [2.45, 2.75) is 19.8 Å². The number of rotatable bonds is 5. The number of aromatic nitrogens is 2. The molecule has 0 saturated heterocycles. The molecule has 2 heterocycles. The number of imidazole rings is 1. The average molecular weight is 322 g/mol. The molecule has 5 nitrogen and oxygen atoms in total. The quantitative estimate of drug-likeness (QED) is 0.671. The van der Waals surface area contributed by atoms with Gasteiger partial charge < -0.3 is 4.90 Å². The molecule has 1 aromatic carbocycles. The third-order valence-corrected chi connectivity index (χ3v) is 4.06. The van der Waals surface area contributed by atoms with E-state index in [4.69, 9.17) is 4.98 Å². The predicted octanol–water partition coefficient (Wildman–Crippen LogP) is 3.82. The largest absolute Gasteiger partial charge is 0.378 e. The summed E-state index contributed by atoms with van der Waals surface area (Å²) in [6, 6.07) is 13.8. The fraction of sp³-hybridized carbons (Fsp3) is 0.263. The number of amides is 1. The second kappa shape index (κ2) is 6.35. The van der Waals surface area contributed by atoms with Crippen molar-refractivity contribution in [2.24, 2.45) is 0 Å². The molecule has 0 atom stereocenters. The Kier molecular flexibility index (Phi) is 4.25. The molecule has 0 saturated carbocycles. The monoisotopic (exact) mass is 322 g/mol. The summed E-state index contributed by atoms with van der Waals surface area (Å²) in [6.07, 6.45) is 2.79. The lowest BCUT2D eigenvalue weighted by atomic mass is 10.1. The first-order valence-corrected chi connectivity index (χ1v) is 8.02. The van der Waals surface area contributed by atoms with Gasteiger partial charge in [0, 0.05) is 26.0 Å². The molecule has 124 valence electrons. The van der Waals surface area contributed by atoms with Crippen LogP contribution in [0.3, 0.4) is 0 Å². The lowest BCUT2D eigenvalue weighted by molar-refractivity contribution is -0.106. The van der Waals surface area contributed by atoms with Gasteiger partial charge in [-0.3, -0.25) is 14.1 Å². The highest BCUT2D eigenvalue weighted by Gasteiger charge is 2.21. The van der Waals surface area contributed by atoms with E-state index in [2.05, 4.69) is 13.8 Å². The molecule has 2 aromatic heterocycles. The minimum absolute atomic E-state index is 0.211. The summed E-state index contributed by atoms with van der Waals surface area (Å²) in [7, 11) is 3.99. The van der Waals surface area contributed by atoms with Gasteiger partial charge in [0.05, 0.1) is 11.4 Å². The molecule has 1 amide bonds. The van der Waals surface area contributed by atoms with Crippen molar-refractivity contribution >= 4 is 29.2 Å². The van der Waals surface area contributed by atoms with Gasteiger partial charge in [-0.2, -0.15) is 0 Å². The van der Waals surface area contributed by atoms with E-state index in [0.717, 1.165) is 34.9 Å². The van der Waals surface area contributed by atoms with Crippen molar-refractivity contribution in [3.63, 3.8) is 0 Å². The second-order valence-corrected chi connectivity index (χ2v) is 6.29. The number of hydrogen-bond acceptors (Lipinski definition) is 3. The van der Waals surface area contributed by atoms with E-state index >= 15 is 0 Å². The molecule has 3 aromatic rings. The van der Waals surface area contributed by atoms with Gasteiger partial charge in [-0.05, 0) is 42.3 Å². The van der Waals surface area contributed by atoms with Crippen LogP contribution < -0.4 is 9.80 Å². The average Bonchev–Trinajstić information content (AvgIpc) is 2.96. The highest BCUT2D eigenvalue weighted by Crippen LogP contribution is 2.33. The summed E-state index contributed by atoms with van der Waals surface area (Å²) in [5, 5.41) is 0. The standard InChI is InChI=1S/C19H22N4O/c1-14(2)18-19(22-12-6-5-7-17(22)20-18)23(13-24)16-10-8-15(9-11-16)21(3)4/h5-14H,1-4H3. The number of carbonyl (C=O) groups excluding carboxylic acids is 1. The van der Waals surface area contributed by atoms with Crippen LogP contribution in [-0.4, -0.2) is 29.9 Å². The number of benzene rings is 1. The lowest BCUT2D eigenvalue weighted by Crippen LogP contribution is -2.18. The Morgan fingerprint density at radius 2 is 1.71 bits per heavy atom. The summed E-state index contributed by atoms with van der Waals surface area (Å²) in [5.41, 5.74) is 3.66. The molecule has 0 aliphatic heterocycles. The topological polar surface area (TPSA) is 40.9 Å². The Morgan fingerprint density at radius 3 is 2.29 bits per heavy atom. The first kappa shape index (κ1) is 16.1. The maximum atomic E-state index is 11.9. The Bertz CT molecular complexity index is 849. The molecular weight excluding hydrogens is 300 g/mol. The van der Waals surface area contributed by atoms with Crippen molar-refractivity contribution in [3.05, 3.63) is 54.4 Å². The van der Waals surface area contributed by atoms with Gasteiger partial charge in [0.25, 0.3) is 0 Å². The molecular formula is C19H22N4O. The summed E-state index contributed by atoms with van der Waals surface area (Å²) >= 11 is 0. The number of pyridine rings is 1. The van der Waals surface area contributed by atoms with Crippen LogP contribution in [0.1, 0.15) is 25.5 Å². The van der Waals surface area contributed by atoms with Crippen molar-refractivity contribution in [3.8, 4) is 0 Å². The molecule has 0 aliphatic rings. The predicted molar refractivity (Wildman–Crippen MR) is 98.3 cm³/mol. The number of carbonyl (C=O) groups is 1. The van der Waals surface area contributed by atoms with E-state index in [1.807, 2.05) is 72.1 Å². The maximum Gasteiger partial charge on any atom is 0.219 e. The van der Waals surface area contributed by atoms with E-state index in [-0.39, 0.29) is 5.92 Å². The minimum Gasteiger partial charge on any atom is -0.378 e. The van der Waals surface area contributed by atoms with Crippen LogP contribution >= 0.6 is 0 Å². The SMILES string of the molecule is CC(C)c1nc2ccccn2c1N(C=O)c1ccc(N(C)C)cc1. The molecule has 0 radical (unpaired) electrons. The Labute approximate surface area is 142 Å². The summed E-state index contributed by atoms with van der Waals surface area (Å²) in [6.45, 7) is 4.17. The normalized spacial score (nSPS) is 11.0. The van der Waals surface area contributed by atoms with Crippen LogP contribution in [0.2, 0.25) is 0 Å². The molecule has 3 rings (SSSR count). The fourth-order valence-corrected chi connectivity index (χ4v) is 2.77. The van der Waals surface area contributed by atoms with Crippen LogP contribution in [0, 0.1) is 0 Å². The van der Waals surface area contributed by atoms with Crippen LogP contribution in [0.25, 0.3) is 5.65 Å². The van der Waals surface area contributed by atoms with Gasteiger partial charge in [0.1, 0.15) is 11.5 Å². The zero-order chi connectivity index (χ0) is 17.3. The first-order valence-electron chi connectivity index (χ1n) is 8.02. The van der Waals surface area contributed by atoms with Crippen LogP contribution in [-0.2, 0) is 4.79 Å². The van der Waals surface area contributed by atoms with Crippen molar-refractivity contribution in [1.29, 1.82) is 0 Å². The number of nitrogens with zero attached hydrogens (tertiary/aromatic N) is 4. The van der Waals surface area contributed by atoms with E-state index in [1.54, 1.807) is 4.90 Å². The van der Waals surface area contributed by atoms with E-state index < -0.39 is 0 Å². The molecule has 5 heteroatoms. The molecule has 0 unspecified atom stereocenters. The Morgan fingerprint density at radius 1 is 1.04 bits per heavy atom. The van der Waals surface area contributed by atoms with Gasteiger partial charge in [-0.25, -0.2) is 4.98 Å². The fourth-order valence-electron chi connectivity index (χ4n) is 2.77. The number of fused-ring (bicyclic) bond motifs is 1. The van der Waals surface area contributed by atoms with E-state index in [0.29, 0.717) is 0 Å². The molecule has 0 N–H and O–H groups in total. The summed E-state index contributed by atoms with van der Waals surface area (Å²) in [5.74, 6) is 1.01. The maximum absolute atomic E-state index is 11.9. The highest BCUT2D eigenvalue weighted by molar-refractivity contribution is 5.87. The zero-order valence-corrected chi connectivity index (χ0v) is 14.5. The number of hydrogen-bond donors (Lipinski definition) is 0. The van der Waals surface area contributed by atoms with Gasteiger partial charge >= 0.3 is 0 Å². The second-order valence-electron chi connectivity index (χ2n) is 6.29. The Hall–Kier alpha value is -2.82. The van der Waals surface area contributed by atoms with Gasteiger partial charge in [-0.15, -0.1) is 0 Å². The molecule has 0 aliphatic carbocycles. The van der Waals surface area contributed by atoms with Gasteiger partial charge in [0.2, 0.25) is 6.41 Å². The smallest absolute Gasteiger partial charge is 0.219 e. The first-order chi connectivity index (χ1) is 11.5. The van der Waals surface area contributed by atoms with E-state index in [9.17, 15) is 4.79 Å². The van der Waals surface area contributed by atoms with Gasteiger partial charge in [0.15, 0.2) is 0 Å². The summed E-state index contributed by atoms with van der Waals surface area (Å²) < 4.78 is 1.96. The minimum atomic E-state index is 0.211. The van der Waals surface area contributed by atoms with Crippen LogP contribution in [0.15, 0.2) is 48.7 Å². The van der Waals surface area contributed by atoms with Crippen molar-refractivity contribution in [1.82, 2.24) is 9.38 Å². The summed E-state index contributed by atoms with van der Waals surface area (Å²) in [4.78, 5) is 20.3. The molecule has 24 heavy (non-hydrogen) atoms. The molecule has 0 bridgehead atoms. The van der Waals surface area contributed by atoms with E-state index in [1.165, 1.54) is 0 Å². The van der Waals surface area contributed by atoms with Crippen molar-refractivity contribution < 1.29 is 4.79 Å².